The molecule has 1 rings (SSSR count). The maximum atomic E-state index is 11.4. The van der Waals surface area contributed by atoms with Crippen LogP contribution in [-0.4, -0.2) is 50.2 Å². The second kappa shape index (κ2) is 7.26. The molecule has 4 heteroatoms. The van der Waals surface area contributed by atoms with Gasteiger partial charge in [0.1, 0.15) is 0 Å². The monoisotopic (exact) mass is 224 g/mol. The van der Waals surface area contributed by atoms with E-state index >= 15 is 0 Å². The van der Waals surface area contributed by atoms with E-state index in [4.69, 9.17) is 11.2 Å². The summed E-state index contributed by atoms with van der Waals surface area (Å²) in [6, 6.07) is 0. The zero-order chi connectivity index (χ0) is 11.8. The van der Waals surface area contributed by atoms with Gasteiger partial charge in [0.05, 0.1) is 19.2 Å². The molecule has 1 unspecified atom stereocenters. The molecular formula is C12H20N2O2. The van der Waals surface area contributed by atoms with Gasteiger partial charge in [-0.1, -0.05) is 5.92 Å². The molecule has 0 radical (unpaired) electrons. The van der Waals surface area contributed by atoms with Crippen LogP contribution in [0.2, 0.25) is 0 Å². The Hall–Kier alpha value is -1.05. The molecule has 0 aromatic rings. The number of amides is 1. The first-order valence-corrected chi connectivity index (χ1v) is 5.72. The van der Waals surface area contributed by atoms with E-state index in [2.05, 4.69) is 11.2 Å². The Balaban J connectivity index is 2.16. The van der Waals surface area contributed by atoms with Gasteiger partial charge < -0.3 is 10.1 Å². The third-order valence-electron chi connectivity index (χ3n) is 2.59. The van der Waals surface area contributed by atoms with Gasteiger partial charge in [0.25, 0.3) is 0 Å². The van der Waals surface area contributed by atoms with Crippen LogP contribution in [0.5, 0.6) is 0 Å². The molecular weight excluding hydrogens is 204 g/mol. The van der Waals surface area contributed by atoms with Gasteiger partial charge >= 0.3 is 0 Å². The van der Waals surface area contributed by atoms with Gasteiger partial charge in [-0.05, 0) is 26.3 Å². The Labute approximate surface area is 97.3 Å². The third-order valence-corrected chi connectivity index (χ3v) is 2.59. The predicted octanol–water partition coefficient (Wildman–Crippen LogP) is 0.237. The van der Waals surface area contributed by atoms with Crippen LogP contribution >= 0.6 is 0 Å². The Morgan fingerprint density at radius 2 is 2.44 bits per heavy atom. The minimum absolute atomic E-state index is 0.0312. The van der Waals surface area contributed by atoms with Crippen molar-refractivity contribution >= 4 is 5.91 Å². The molecule has 1 amide bonds. The fourth-order valence-corrected chi connectivity index (χ4v) is 1.81. The first-order chi connectivity index (χ1) is 7.72. The Kier molecular flexibility index (Phi) is 5.91. The molecule has 0 spiro atoms. The van der Waals surface area contributed by atoms with Crippen LogP contribution < -0.4 is 5.32 Å². The normalized spacial score (nSPS) is 20.4. The van der Waals surface area contributed by atoms with E-state index in [1.54, 1.807) is 0 Å². The summed E-state index contributed by atoms with van der Waals surface area (Å²) in [5, 5.41) is 2.64. The largest absolute Gasteiger partial charge is 0.377 e. The zero-order valence-corrected chi connectivity index (χ0v) is 9.87. The predicted molar refractivity (Wildman–Crippen MR) is 62.9 cm³/mol. The number of carbonyl (C=O) groups excluding carboxylic acids is 1. The van der Waals surface area contributed by atoms with Crippen LogP contribution in [-0.2, 0) is 9.53 Å². The molecule has 0 saturated carbocycles. The van der Waals surface area contributed by atoms with E-state index in [9.17, 15) is 4.79 Å². The van der Waals surface area contributed by atoms with Crippen molar-refractivity contribution in [3.8, 4) is 12.3 Å². The second-order valence-corrected chi connectivity index (χ2v) is 4.17. The average Bonchev–Trinajstić information content (AvgIpc) is 2.27. The molecule has 0 bridgehead atoms. The van der Waals surface area contributed by atoms with E-state index in [1.165, 1.54) is 6.42 Å². The Bertz CT molecular complexity index is 254. The summed E-state index contributed by atoms with van der Waals surface area (Å²) >= 11 is 0. The highest BCUT2D eigenvalue weighted by Crippen LogP contribution is 2.13. The highest BCUT2D eigenvalue weighted by atomic mass is 16.5. The number of terminal acetylenes is 1. The standard InChI is InChI=1S/C12H20N2O2/c1-3-7-13-12(15)10-14(2)9-11-6-4-5-8-16-11/h1,11H,4-10H2,2H3,(H,13,15). The highest BCUT2D eigenvalue weighted by Gasteiger charge is 2.16. The topological polar surface area (TPSA) is 41.6 Å². The third kappa shape index (κ3) is 5.15. The SMILES string of the molecule is C#CCNC(=O)CN(C)CC1CCCCO1. The van der Waals surface area contributed by atoms with Crippen molar-refractivity contribution in [2.45, 2.75) is 25.4 Å². The first-order valence-electron chi connectivity index (χ1n) is 5.72. The van der Waals surface area contributed by atoms with Crippen molar-refractivity contribution < 1.29 is 9.53 Å². The molecule has 0 aliphatic carbocycles. The van der Waals surface area contributed by atoms with Crippen LogP contribution in [0.15, 0.2) is 0 Å². The average molecular weight is 224 g/mol. The fraction of sp³-hybridized carbons (Fsp3) is 0.750. The molecule has 1 aliphatic rings. The van der Waals surface area contributed by atoms with Gasteiger partial charge in [0.15, 0.2) is 0 Å². The Morgan fingerprint density at radius 3 is 3.06 bits per heavy atom. The smallest absolute Gasteiger partial charge is 0.234 e. The van der Waals surface area contributed by atoms with Crippen molar-refractivity contribution in [2.75, 3.05) is 33.3 Å². The van der Waals surface area contributed by atoms with Crippen LogP contribution in [0.1, 0.15) is 19.3 Å². The van der Waals surface area contributed by atoms with Crippen molar-refractivity contribution in [3.63, 3.8) is 0 Å². The maximum Gasteiger partial charge on any atom is 0.234 e. The number of hydrogen-bond acceptors (Lipinski definition) is 3. The number of rotatable bonds is 5. The van der Waals surface area contributed by atoms with Crippen LogP contribution in [0.4, 0.5) is 0 Å². The summed E-state index contributed by atoms with van der Waals surface area (Å²) in [6.45, 7) is 2.33. The van der Waals surface area contributed by atoms with Crippen molar-refractivity contribution in [1.29, 1.82) is 0 Å². The van der Waals surface area contributed by atoms with Gasteiger partial charge in [-0.3, -0.25) is 9.69 Å². The van der Waals surface area contributed by atoms with Gasteiger partial charge in [-0.2, -0.15) is 0 Å². The van der Waals surface area contributed by atoms with Crippen LogP contribution in [0, 0.1) is 12.3 Å². The number of hydrogen-bond donors (Lipinski definition) is 1. The summed E-state index contributed by atoms with van der Waals surface area (Å²) in [4.78, 5) is 13.3. The minimum atomic E-state index is -0.0312. The van der Waals surface area contributed by atoms with Crippen LogP contribution in [0.3, 0.4) is 0 Å². The number of nitrogens with one attached hydrogen (secondary N) is 1. The Morgan fingerprint density at radius 1 is 1.62 bits per heavy atom. The van der Waals surface area contributed by atoms with Crippen molar-refractivity contribution in [2.24, 2.45) is 0 Å². The lowest BCUT2D eigenvalue weighted by molar-refractivity contribution is -0.122. The number of ether oxygens (including phenoxy) is 1. The summed E-state index contributed by atoms with van der Waals surface area (Å²) in [7, 11) is 1.92. The lowest BCUT2D eigenvalue weighted by Crippen LogP contribution is -2.40. The van der Waals surface area contributed by atoms with Crippen LogP contribution in [0.25, 0.3) is 0 Å². The molecule has 16 heavy (non-hydrogen) atoms. The molecule has 1 aliphatic heterocycles. The van der Waals surface area contributed by atoms with E-state index in [0.29, 0.717) is 13.1 Å². The van der Waals surface area contributed by atoms with Gasteiger partial charge in [0, 0.05) is 13.2 Å². The summed E-state index contributed by atoms with van der Waals surface area (Å²) in [5.41, 5.74) is 0. The molecule has 1 heterocycles. The number of nitrogens with zero attached hydrogens (tertiary/aromatic N) is 1. The summed E-state index contributed by atoms with van der Waals surface area (Å²) < 4.78 is 5.61. The molecule has 1 N–H and O–H groups in total. The maximum absolute atomic E-state index is 11.4. The summed E-state index contributed by atoms with van der Waals surface area (Å²) in [5.74, 6) is 2.35. The lowest BCUT2D eigenvalue weighted by Gasteiger charge is -2.26. The minimum Gasteiger partial charge on any atom is -0.377 e. The van der Waals surface area contributed by atoms with E-state index in [1.807, 2.05) is 11.9 Å². The molecule has 90 valence electrons. The second-order valence-electron chi connectivity index (χ2n) is 4.17. The van der Waals surface area contributed by atoms with Gasteiger partial charge in [-0.25, -0.2) is 0 Å². The highest BCUT2D eigenvalue weighted by molar-refractivity contribution is 5.78. The molecule has 0 aromatic carbocycles. The molecule has 1 saturated heterocycles. The number of carbonyl (C=O) groups is 1. The first kappa shape index (κ1) is 13.0. The van der Waals surface area contributed by atoms with Gasteiger partial charge in [-0.15, -0.1) is 6.42 Å². The lowest BCUT2D eigenvalue weighted by atomic mass is 10.1. The molecule has 4 nitrogen and oxygen atoms in total. The van der Waals surface area contributed by atoms with E-state index < -0.39 is 0 Å². The van der Waals surface area contributed by atoms with E-state index in [0.717, 1.165) is 26.0 Å². The van der Waals surface area contributed by atoms with E-state index in [-0.39, 0.29) is 12.0 Å². The quantitative estimate of drug-likeness (QED) is 0.680. The molecule has 1 atom stereocenters. The van der Waals surface area contributed by atoms with Gasteiger partial charge in [0.2, 0.25) is 5.91 Å². The van der Waals surface area contributed by atoms with Crippen molar-refractivity contribution in [3.05, 3.63) is 0 Å². The fourth-order valence-electron chi connectivity index (χ4n) is 1.81. The molecule has 1 fully saturated rings. The molecule has 0 aromatic heterocycles. The summed E-state index contributed by atoms with van der Waals surface area (Å²) in [6.07, 6.45) is 8.81. The van der Waals surface area contributed by atoms with Crippen molar-refractivity contribution in [1.82, 2.24) is 10.2 Å². The zero-order valence-electron chi connectivity index (χ0n) is 9.87. The number of likely N-dealkylation sites (N-methyl/N-ethyl adjacent to an activating group) is 1.